The van der Waals surface area contributed by atoms with Crippen LogP contribution in [-0.4, -0.2) is 14.7 Å². The molecule has 0 aromatic carbocycles. The number of nitrogens with zero attached hydrogens (tertiary/aromatic N) is 1. The van der Waals surface area contributed by atoms with Gasteiger partial charge in [0, 0.05) is 11.1 Å². The van der Waals surface area contributed by atoms with Gasteiger partial charge in [0.15, 0.2) is 5.13 Å². The maximum absolute atomic E-state index is 11.1. The lowest BCUT2D eigenvalue weighted by atomic mass is 10.6. The Morgan fingerprint density at radius 3 is 2.62 bits per heavy atom. The first-order chi connectivity index (χ1) is 5.89. The van der Waals surface area contributed by atoms with Crippen LogP contribution in [-0.2, 0) is 4.79 Å². The minimum atomic E-state index is -1.94. The summed E-state index contributed by atoms with van der Waals surface area (Å²) in [5.74, 6) is -0.702. The van der Waals surface area contributed by atoms with Crippen LogP contribution in [0, 0.1) is 6.92 Å². The number of rotatable bonds is 1. The number of halogens is 3. The van der Waals surface area contributed by atoms with E-state index in [1.807, 2.05) is 6.92 Å². The predicted molar refractivity (Wildman–Crippen MR) is 55.8 cm³/mol. The Labute approximate surface area is 94.0 Å². The number of amides is 1. The van der Waals surface area contributed by atoms with Crippen molar-refractivity contribution < 1.29 is 4.79 Å². The van der Waals surface area contributed by atoms with Crippen molar-refractivity contribution in [2.45, 2.75) is 10.7 Å². The number of hydrogen-bond acceptors (Lipinski definition) is 3. The first kappa shape index (κ1) is 11.0. The molecule has 1 amide bonds. The molecule has 1 rings (SSSR count). The van der Waals surface area contributed by atoms with Crippen molar-refractivity contribution in [3.63, 3.8) is 0 Å². The zero-order valence-electron chi connectivity index (χ0n) is 6.47. The first-order valence-electron chi connectivity index (χ1n) is 3.20. The summed E-state index contributed by atoms with van der Waals surface area (Å²) in [6.45, 7) is 1.86. The van der Waals surface area contributed by atoms with E-state index in [0.29, 0.717) is 5.13 Å². The highest BCUT2D eigenvalue weighted by atomic mass is 35.6. The van der Waals surface area contributed by atoms with Crippen LogP contribution in [0.3, 0.4) is 0 Å². The number of carbonyl (C=O) groups excluding carboxylic acids is 1. The van der Waals surface area contributed by atoms with E-state index in [9.17, 15) is 4.79 Å². The zero-order chi connectivity index (χ0) is 10.1. The molecular weight excluding hydrogens is 255 g/mol. The Balaban J connectivity index is 2.65. The molecule has 1 aromatic heterocycles. The van der Waals surface area contributed by atoms with E-state index < -0.39 is 9.70 Å². The first-order valence-corrected chi connectivity index (χ1v) is 5.15. The van der Waals surface area contributed by atoms with Crippen LogP contribution in [0.2, 0.25) is 0 Å². The second kappa shape index (κ2) is 4.00. The van der Waals surface area contributed by atoms with Gasteiger partial charge in [-0.3, -0.25) is 10.1 Å². The molecule has 72 valence electrons. The molecule has 0 spiro atoms. The SMILES string of the molecule is Cc1cnc(NC(=O)C(Cl)(Cl)Cl)s1. The van der Waals surface area contributed by atoms with Crippen molar-refractivity contribution >= 4 is 57.2 Å². The molecule has 0 saturated heterocycles. The number of aryl methyl sites for hydroxylation is 1. The van der Waals surface area contributed by atoms with Gasteiger partial charge in [-0.25, -0.2) is 4.98 Å². The lowest BCUT2D eigenvalue weighted by molar-refractivity contribution is -0.115. The second-order valence-electron chi connectivity index (χ2n) is 2.23. The Kier molecular flexibility index (Phi) is 3.40. The van der Waals surface area contributed by atoms with Gasteiger partial charge in [-0.2, -0.15) is 0 Å². The molecule has 0 atom stereocenters. The number of nitrogens with one attached hydrogen (secondary N) is 1. The lowest BCUT2D eigenvalue weighted by Gasteiger charge is -2.08. The predicted octanol–water partition coefficient (Wildman–Crippen LogP) is 2.76. The molecule has 0 aliphatic rings. The van der Waals surface area contributed by atoms with Gasteiger partial charge in [0.05, 0.1) is 0 Å². The van der Waals surface area contributed by atoms with Crippen molar-refractivity contribution in [1.29, 1.82) is 0 Å². The summed E-state index contributed by atoms with van der Waals surface area (Å²) in [6, 6.07) is 0. The molecule has 1 heterocycles. The molecule has 0 fully saturated rings. The van der Waals surface area contributed by atoms with Crippen LogP contribution < -0.4 is 5.32 Å². The topological polar surface area (TPSA) is 42.0 Å². The van der Waals surface area contributed by atoms with Crippen LogP contribution in [0.1, 0.15) is 4.88 Å². The van der Waals surface area contributed by atoms with Crippen LogP contribution in [0.25, 0.3) is 0 Å². The van der Waals surface area contributed by atoms with Crippen molar-refractivity contribution in [1.82, 2.24) is 4.98 Å². The Hall–Kier alpha value is -0.0300. The third kappa shape index (κ3) is 3.31. The van der Waals surface area contributed by atoms with E-state index in [-0.39, 0.29) is 0 Å². The highest BCUT2D eigenvalue weighted by molar-refractivity contribution is 7.15. The lowest BCUT2D eigenvalue weighted by Crippen LogP contribution is -2.26. The summed E-state index contributed by atoms with van der Waals surface area (Å²) in [6.07, 6.45) is 1.62. The van der Waals surface area contributed by atoms with E-state index in [1.54, 1.807) is 6.20 Å². The Morgan fingerprint density at radius 1 is 1.62 bits per heavy atom. The normalized spacial score (nSPS) is 11.4. The molecule has 0 aliphatic heterocycles. The third-order valence-electron chi connectivity index (χ3n) is 1.10. The summed E-state index contributed by atoms with van der Waals surface area (Å²) in [5.41, 5.74) is 0. The van der Waals surface area contributed by atoms with Crippen molar-refractivity contribution in [2.24, 2.45) is 0 Å². The fourth-order valence-corrected chi connectivity index (χ4v) is 1.38. The molecule has 0 unspecified atom stereocenters. The van der Waals surface area contributed by atoms with E-state index in [1.165, 1.54) is 11.3 Å². The average Bonchev–Trinajstić information content (AvgIpc) is 2.33. The van der Waals surface area contributed by atoms with Crippen molar-refractivity contribution in [3.05, 3.63) is 11.1 Å². The monoisotopic (exact) mass is 258 g/mol. The van der Waals surface area contributed by atoms with Gasteiger partial charge in [-0.1, -0.05) is 34.8 Å². The van der Waals surface area contributed by atoms with E-state index in [0.717, 1.165) is 4.88 Å². The molecular formula is C6H5Cl3N2OS. The number of anilines is 1. The maximum atomic E-state index is 11.1. The number of thiazole rings is 1. The Bertz CT molecular complexity index is 320. The van der Waals surface area contributed by atoms with Gasteiger partial charge in [0.25, 0.3) is 9.70 Å². The fourth-order valence-electron chi connectivity index (χ4n) is 0.581. The van der Waals surface area contributed by atoms with Gasteiger partial charge in [-0.15, -0.1) is 11.3 Å². The molecule has 1 aromatic rings. The van der Waals surface area contributed by atoms with Gasteiger partial charge >= 0.3 is 0 Å². The maximum Gasteiger partial charge on any atom is 0.278 e. The zero-order valence-corrected chi connectivity index (χ0v) is 9.56. The van der Waals surface area contributed by atoms with Crippen molar-refractivity contribution in [3.8, 4) is 0 Å². The largest absolute Gasteiger partial charge is 0.298 e. The fraction of sp³-hybridized carbons (Fsp3) is 0.333. The molecule has 0 saturated carbocycles. The molecule has 0 aliphatic carbocycles. The highest BCUT2D eigenvalue weighted by Gasteiger charge is 2.31. The second-order valence-corrected chi connectivity index (χ2v) is 5.74. The minimum Gasteiger partial charge on any atom is -0.298 e. The number of alkyl halides is 3. The molecule has 1 N–H and O–H groups in total. The van der Waals surface area contributed by atoms with Gasteiger partial charge < -0.3 is 0 Å². The van der Waals surface area contributed by atoms with Gasteiger partial charge in [-0.05, 0) is 6.92 Å². The number of aromatic nitrogens is 1. The average molecular weight is 260 g/mol. The van der Waals surface area contributed by atoms with Crippen LogP contribution in [0.4, 0.5) is 5.13 Å². The molecule has 3 nitrogen and oxygen atoms in total. The summed E-state index contributed by atoms with van der Waals surface area (Å²) in [4.78, 5) is 16.0. The summed E-state index contributed by atoms with van der Waals surface area (Å²) < 4.78 is -1.94. The molecule has 13 heavy (non-hydrogen) atoms. The van der Waals surface area contributed by atoms with Crippen LogP contribution >= 0.6 is 46.1 Å². The van der Waals surface area contributed by atoms with Crippen molar-refractivity contribution in [2.75, 3.05) is 5.32 Å². The number of carbonyl (C=O) groups is 1. The summed E-state index contributed by atoms with van der Waals surface area (Å²) in [7, 11) is 0. The standard InChI is InChI=1S/C6H5Cl3N2OS/c1-3-2-10-5(13-3)11-4(12)6(7,8)9/h2H,1H3,(H,10,11,12). The van der Waals surface area contributed by atoms with E-state index >= 15 is 0 Å². The van der Waals surface area contributed by atoms with Crippen LogP contribution in [0.5, 0.6) is 0 Å². The molecule has 0 radical (unpaired) electrons. The smallest absolute Gasteiger partial charge is 0.278 e. The summed E-state index contributed by atoms with van der Waals surface area (Å²) in [5, 5.41) is 2.80. The molecule has 7 heteroatoms. The van der Waals surface area contributed by atoms with Crippen LogP contribution in [0.15, 0.2) is 6.20 Å². The number of hydrogen-bond donors (Lipinski definition) is 1. The van der Waals surface area contributed by atoms with E-state index in [4.69, 9.17) is 34.8 Å². The quantitative estimate of drug-likeness (QED) is 0.788. The summed E-state index contributed by atoms with van der Waals surface area (Å²) >= 11 is 17.3. The van der Waals surface area contributed by atoms with E-state index in [2.05, 4.69) is 10.3 Å². The molecule has 0 bridgehead atoms. The van der Waals surface area contributed by atoms with Gasteiger partial charge in [0.1, 0.15) is 0 Å². The Morgan fingerprint density at radius 2 is 2.23 bits per heavy atom. The highest BCUT2D eigenvalue weighted by Crippen LogP contribution is 2.28. The van der Waals surface area contributed by atoms with Gasteiger partial charge in [0.2, 0.25) is 0 Å². The third-order valence-corrected chi connectivity index (χ3v) is 2.44. The minimum absolute atomic E-state index is 0.425.